The Hall–Kier alpha value is -1.94. The minimum atomic E-state index is 0.0857. The molecule has 116 valence electrons. The number of aryl methyl sites for hydroxylation is 1. The fraction of sp³-hybridized carbons (Fsp3) is 0.278. The first-order valence-corrected chi connectivity index (χ1v) is 8.25. The fourth-order valence-electron chi connectivity index (χ4n) is 2.04. The van der Waals surface area contributed by atoms with Crippen molar-refractivity contribution in [3.05, 3.63) is 59.7 Å². The van der Waals surface area contributed by atoms with Crippen LogP contribution in [0.25, 0.3) is 0 Å². The molecule has 0 aliphatic heterocycles. The zero-order valence-corrected chi connectivity index (χ0v) is 13.8. The zero-order valence-electron chi connectivity index (χ0n) is 13.0. The number of hydrogen-bond acceptors (Lipinski definition) is 3. The molecule has 0 saturated heterocycles. The van der Waals surface area contributed by atoms with Crippen molar-refractivity contribution < 1.29 is 9.53 Å². The Kier molecular flexibility index (Phi) is 6.34. The molecule has 2 aromatic carbocycles. The average Bonchev–Trinajstić information content (AvgIpc) is 2.54. The number of carbonyl (C=O) groups excluding carboxylic acids is 1. The Morgan fingerprint density at radius 2 is 1.95 bits per heavy atom. The van der Waals surface area contributed by atoms with E-state index in [1.54, 1.807) is 18.9 Å². The van der Waals surface area contributed by atoms with Gasteiger partial charge in [-0.25, -0.2) is 0 Å². The predicted molar refractivity (Wildman–Crippen MR) is 91.4 cm³/mol. The molecule has 0 heterocycles. The Bertz CT molecular complexity index is 611. The van der Waals surface area contributed by atoms with Gasteiger partial charge in [-0.15, -0.1) is 11.8 Å². The molecular formula is C18H21NO2S. The van der Waals surface area contributed by atoms with Crippen LogP contribution in [-0.4, -0.2) is 18.8 Å². The van der Waals surface area contributed by atoms with Gasteiger partial charge in [0.05, 0.1) is 7.11 Å². The summed E-state index contributed by atoms with van der Waals surface area (Å²) in [6.07, 6.45) is 0.516. The summed E-state index contributed by atoms with van der Waals surface area (Å²) >= 11 is 1.68. The predicted octanol–water partition coefficient (Wildman–Crippen LogP) is 3.80. The number of ether oxygens (including phenoxy) is 1. The van der Waals surface area contributed by atoms with Crippen molar-refractivity contribution in [1.82, 2.24) is 5.32 Å². The molecule has 0 aliphatic rings. The van der Waals surface area contributed by atoms with Crippen molar-refractivity contribution in [3.8, 4) is 5.75 Å². The summed E-state index contributed by atoms with van der Waals surface area (Å²) in [4.78, 5) is 13.0. The third-order valence-corrected chi connectivity index (χ3v) is 4.24. The Balaban J connectivity index is 1.69. The van der Waals surface area contributed by atoms with Gasteiger partial charge in [-0.3, -0.25) is 4.79 Å². The number of amides is 1. The largest absolute Gasteiger partial charge is 0.497 e. The molecule has 0 aliphatic carbocycles. The smallest absolute Gasteiger partial charge is 0.221 e. The van der Waals surface area contributed by atoms with Gasteiger partial charge in [0.2, 0.25) is 5.91 Å². The molecule has 1 N–H and O–H groups in total. The topological polar surface area (TPSA) is 38.3 Å². The summed E-state index contributed by atoms with van der Waals surface area (Å²) in [5.41, 5.74) is 2.35. The van der Waals surface area contributed by atoms with E-state index in [1.165, 1.54) is 5.56 Å². The molecule has 0 unspecified atom stereocenters. The molecule has 0 aromatic heterocycles. The number of methoxy groups -OCH3 is 1. The average molecular weight is 315 g/mol. The maximum absolute atomic E-state index is 11.8. The van der Waals surface area contributed by atoms with Crippen LogP contribution in [0.5, 0.6) is 5.75 Å². The molecule has 2 aromatic rings. The lowest BCUT2D eigenvalue weighted by Gasteiger charge is -2.06. The lowest BCUT2D eigenvalue weighted by Crippen LogP contribution is -2.23. The van der Waals surface area contributed by atoms with E-state index in [4.69, 9.17) is 4.74 Å². The Morgan fingerprint density at radius 1 is 1.18 bits per heavy atom. The lowest BCUT2D eigenvalue weighted by atomic mass is 10.1. The maximum Gasteiger partial charge on any atom is 0.221 e. The number of rotatable bonds is 7. The van der Waals surface area contributed by atoms with Crippen molar-refractivity contribution in [2.24, 2.45) is 0 Å². The second kappa shape index (κ2) is 8.49. The van der Waals surface area contributed by atoms with Gasteiger partial charge in [0.25, 0.3) is 0 Å². The van der Waals surface area contributed by atoms with Gasteiger partial charge in [0, 0.05) is 23.6 Å². The SMILES string of the molecule is COc1ccc(SCCC(=O)NCc2cccc(C)c2)cc1. The van der Waals surface area contributed by atoms with Gasteiger partial charge in [0.15, 0.2) is 0 Å². The van der Waals surface area contributed by atoms with E-state index in [0.29, 0.717) is 13.0 Å². The molecule has 0 saturated carbocycles. The van der Waals surface area contributed by atoms with Crippen molar-refractivity contribution in [2.75, 3.05) is 12.9 Å². The van der Waals surface area contributed by atoms with E-state index in [1.807, 2.05) is 36.4 Å². The molecule has 22 heavy (non-hydrogen) atoms. The van der Waals surface area contributed by atoms with Crippen LogP contribution in [0.2, 0.25) is 0 Å². The summed E-state index contributed by atoms with van der Waals surface area (Å²) in [7, 11) is 1.65. The van der Waals surface area contributed by atoms with E-state index in [0.717, 1.165) is 22.0 Å². The minimum Gasteiger partial charge on any atom is -0.497 e. The summed E-state index contributed by atoms with van der Waals surface area (Å²) < 4.78 is 5.12. The van der Waals surface area contributed by atoms with E-state index in [2.05, 4.69) is 24.4 Å². The lowest BCUT2D eigenvalue weighted by molar-refractivity contribution is -0.120. The van der Waals surface area contributed by atoms with Crippen molar-refractivity contribution in [1.29, 1.82) is 0 Å². The highest BCUT2D eigenvalue weighted by Gasteiger charge is 2.03. The molecule has 0 spiro atoms. The summed E-state index contributed by atoms with van der Waals surface area (Å²) in [5, 5.41) is 2.96. The third kappa shape index (κ3) is 5.45. The van der Waals surface area contributed by atoms with Gasteiger partial charge in [-0.2, -0.15) is 0 Å². The van der Waals surface area contributed by atoms with Gasteiger partial charge in [-0.05, 0) is 36.8 Å². The highest BCUT2D eigenvalue weighted by Crippen LogP contribution is 2.21. The third-order valence-electron chi connectivity index (χ3n) is 3.23. The van der Waals surface area contributed by atoms with Gasteiger partial charge < -0.3 is 10.1 Å². The van der Waals surface area contributed by atoms with Crippen LogP contribution in [0.15, 0.2) is 53.4 Å². The Labute approximate surface area is 136 Å². The molecular weight excluding hydrogens is 294 g/mol. The summed E-state index contributed by atoms with van der Waals surface area (Å²) in [6, 6.07) is 16.1. The molecule has 0 atom stereocenters. The molecule has 3 nitrogen and oxygen atoms in total. The molecule has 0 bridgehead atoms. The zero-order chi connectivity index (χ0) is 15.8. The van der Waals surface area contributed by atoms with Crippen LogP contribution >= 0.6 is 11.8 Å². The molecule has 0 fully saturated rings. The van der Waals surface area contributed by atoms with Crippen LogP contribution in [0.1, 0.15) is 17.5 Å². The summed E-state index contributed by atoms with van der Waals surface area (Å²) in [5.74, 6) is 1.70. The van der Waals surface area contributed by atoms with Gasteiger partial charge >= 0.3 is 0 Å². The number of nitrogens with one attached hydrogen (secondary N) is 1. The monoisotopic (exact) mass is 315 g/mol. The van der Waals surface area contributed by atoms with Crippen LogP contribution in [0.3, 0.4) is 0 Å². The normalized spacial score (nSPS) is 10.3. The second-order valence-corrected chi connectivity index (χ2v) is 6.21. The van der Waals surface area contributed by atoms with Crippen LogP contribution in [-0.2, 0) is 11.3 Å². The molecule has 2 rings (SSSR count). The standard InChI is InChI=1S/C18H21NO2S/c1-14-4-3-5-15(12-14)13-19-18(20)10-11-22-17-8-6-16(21-2)7-9-17/h3-9,12H,10-11,13H2,1-2H3,(H,19,20). The van der Waals surface area contributed by atoms with Crippen molar-refractivity contribution >= 4 is 17.7 Å². The quantitative estimate of drug-likeness (QED) is 0.790. The highest BCUT2D eigenvalue weighted by molar-refractivity contribution is 7.99. The first-order chi connectivity index (χ1) is 10.7. The fourth-order valence-corrected chi connectivity index (χ4v) is 2.90. The van der Waals surface area contributed by atoms with Crippen LogP contribution in [0.4, 0.5) is 0 Å². The molecule has 4 heteroatoms. The summed E-state index contributed by atoms with van der Waals surface area (Å²) in [6.45, 7) is 2.64. The van der Waals surface area contributed by atoms with Crippen molar-refractivity contribution in [2.45, 2.75) is 24.8 Å². The van der Waals surface area contributed by atoms with Gasteiger partial charge in [0.1, 0.15) is 5.75 Å². The second-order valence-electron chi connectivity index (χ2n) is 5.04. The maximum atomic E-state index is 11.8. The number of carbonyl (C=O) groups is 1. The van der Waals surface area contributed by atoms with Crippen LogP contribution < -0.4 is 10.1 Å². The van der Waals surface area contributed by atoms with E-state index >= 15 is 0 Å². The number of benzene rings is 2. The Morgan fingerprint density at radius 3 is 2.64 bits per heavy atom. The minimum absolute atomic E-state index is 0.0857. The molecule has 0 radical (unpaired) electrons. The highest BCUT2D eigenvalue weighted by atomic mass is 32.2. The number of hydrogen-bond donors (Lipinski definition) is 1. The van der Waals surface area contributed by atoms with Crippen LogP contribution in [0, 0.1) is 6.92 Å². The first-order valence-electron chi connectivity index (χ1n) is 7.26. The van der Waals surface area contributed by atoms with E-state index in [9.17, 15) is 4.79 Å². The van der Waals surface area contributed by atoms with E-state index < -0.39 is 0 Å². The number of thioether (sulfide) groups is 1. The first kappa shape index (κ1) is 16.4. The van der Waals surface area contributed by atoms with Gasteiger partial charge in [-0.1, -0.05) is 29.8 Å². The van der Waals surface area contributed by atoms with E-state index in [-0.39, 0.29) is 5.91 Å². The van der Waals surface area contributed by atoms with Crippen molar-refractivity contribution in [3.63, 3.8) is 0 Å². The molecule has 1 amide bonds.